The van der Waals surface area contributed by atoms with Crippen LogP contribution in [0.15, 0.2) is 41.6 Å². The number of hydrogen-bond donors (Lipinski definition) is 2. The maximum absolute atomic E-state index is 14.5. The molecule has 0 spiro atoms. The van der Waals surface area contributed by atoms with Crippen LogP contribution in [-0.2, 0) is 6.42 Å². The number of aromatic nitrogens is 3. The van der Waals surface area contributed by atoms with Crippen molar-refractivity contribution in [2.24, 2.45) is 0 Å². The van der Waals surface area contributed by atoms with E-state index < -0.39 is 17.1 Å². The molecule has 5 rings (SSSR count). The van der Waals surface area contributed by atoms with Crippen LogP contribution in [0.4, 0.5) is 15.8 Å². The van der Waals surface area contributed by atoms with Crippen LogP contribution in [0, 0.1) is 12.7 Å². The van der Waals surface area contributed by atoms with Crippen molar-refractivity contribution in [3.63, 3.8) is 0 Å². The number of fused-ring (bicyclic) bond motifs is 4. The van der Waals surface area contributed by atoms with E-state index in [2.05, 4.69) is 10.3 Å². The van der Waals surface area contributed by atoms with Crippen molar-refractivity contribution in [1.29, 1.82) is 0 Å². The summed E-state index contributed by atoms with van der Waals surface area (Å²) in [6.45, 7) is 1.81. The molecule has 3 aromatic heterocycles. The topological polar surface area (TPSA) is 99.8 Å². The summed E-state index contributed by atoms with van der Waals surface area (Å²) in [6, 6.07) is 4.89. The lowest BCUT2D eigenvalue weighted by molar-refractivity contribution is 0.0694. The van der Waals surface area contributed by atoms with Crippen LogP contribution in [0.5, 0.6) is 0 Å². The number of nitrogens with one attached hydrogen (secondary N) is 1. The van der Waals surface area contributed by atoms with Gasteiger partial charge in [-0.15, -0.1) is 0 Å². The molecule has 1 aliphatic carbocycles. The van der Waals surface area contributed by atoms with Crippen LogP contribution >= 0.6 is 0 Å². The SMILES string of the molecule is CNc1cc(F)cc2c1Cc1ncc(-c3cc(C)c4ncc(C(=O)O)c(=O)n4c3)c(N(C)C)c1-2. The molecule has 0 radical (unpaired) electrons. The highest BCUT2D eigenvalue weighted by Crippen LogP contribution is 2.48. The van der Waals surface area contributed by atoms with Gasteiger partial charge in [-0.05, 0) is 41.8 Å². The second-order valence-electron chi connectivity index (χ2n) is 8.53. The number of benzene rings is 1. The van der Waals surface area contributed by atoms with Gasteiger partial charge in [0.05, 0.1) is 11.4 Å². The predicted octanol–water partition coefficient (Wildman–Crippen LogP) is 3.58. The standard InChI is InChI=1S/C25H22FN5O3/c1-12-5-13(11-31-23(12)29-10-18(24(31)32)25(33)34)17-9-28-20-8-15-16(21(20)22(17)30(3)4)6-14(26)7-19(15)27-2/h5-7,9-11,27H,8H2,1-4H3,(H,33,34). The zero-order valence-electron chi connectivity index (χ0n) is 19.1. The highest BCUT2D eigenvalue weighted by Gasteiger charge is 2.29. The Morgan fingerprint density at radius 2 is 1.94 bits per heavy atom. The van der Waals surface area contributed by atoms with E-state index in [0.29, 0.717) is 23.2 Å². The van der Waals surface area contributed by atoms with Crippen molar-refractivity contribution in [2.45, 2.75) is 13.3 Å². The summed E-state index contributed by atoms with van der Waals surface area (Å²) in [5.41, 5.74) is 6.45. The third-order valence-corrected chi connectivity index (χ3v) is 6.20. The molecule has 0 saturated carbocycles. The molecule has 34 heavy (non-hydrogen) atoms. The molecule has 9 heteroatoms. The van der Waals surface area contributed by atoms with E-state index in [0.717, 1.165) is 45.5 Å². The second kappa shape index (κ2) is 7.65. The zero-order valence-corrected chi connectivity index (χ0v) is 19.1. The monoisotopic (exact) mass is 459 g/mol. The van der Waals surface area contributed by atoms with Gasteiger partial charge >= 0.3 is 5.97 Å². The molecule has 0 saturated heterocycles. The molecular weight excluding hydrogens is 437 g/mol. The van der Waals surface area contributed by atoms with Gasteiger partial charge in [-0.2, -0.15) is 0 Å². The van der Waals surface area contributed by atoms with E-state index in [9.17, 15) is 19.1 Å². The van der Waals surface area contributed by atoms with Gasteiger partial charge in [0.1, 0.15) is 17.0 Å². The van der Waals surface area contributed by atoms with Crippen LogP contribution in [0.25, 0.3) is 27.9 Å². The molecule has 0 unspecified atom stereocenters. The molecule has 4 aromatic rings. The lowest BCUT2D eigenvalue weighted by Crippen LogP contribution is -2.23. The van der Waals surface area contributed by atoms with E-state index in [1.807, 2.05) is 32.0 Å². The maximum Gasteiger partial charge on any atom is 0.342 e. The molecule has 0 atom stereocenters. The Kier molecular flexibility index (Phi) is 4.85. The fourth-order valence-corrected chi connectivity index (χ4v) is 4.72. The van der Waals surface area contributed by atoms with Crippen LogP contribution in [-0.4, -0.2) is 46.6 Å². The highest BCUT2D eigenvalue weighted by atomic mass is 19.1. The number of anilines is 2. The summed E-state index contributed by atoms with van der Waals surface area (Å²) in [4.78, 5) is 35.1. The molecule has 2 N–H and O–H groups in total. The number of nitrogens with zero attached hydrogens (tertiary/aromatic N) is 4. The summed E-state index contributed by atoms with van der Waals surface area (Å²) < 4.78 is 15.7. The Labute approximate surface area is 194 Å². The minimum Gasteiger partial charge on any atom is -0.477 e. The molecule has 8 nitrogen and oxygen atoms in total. The number of rotatable bonds is 4. The normalized spacial score (nSPS) is 11.9. The summed E-state index contributed by atoms with van der Waals surface area (Å²) in [6.07, 6.45) is 4.99. The number of halogens is 1. The van der Waals surface area contributed by atoms with Crippen molar-refractivity contribution >= 4 is 23.0 Å². The smallest absolute Gasteiger partial charge is 0.342 e. The van der Waals surface area contributed by atoms with E-state index in [-0.39, 0.29) is 5.82 Å². The molecular formula is C25H22FN5O3. The first-order valence-electron chi connectivity index (χ1n) is 10.7. The molecule has 1 aliphatic rings. The van der Waals surface area contributed by atoms with Gasteiger partial charge in [0.2, 0.25) is 0 Å². The average Bonchev–Trinajstić information content (AvgIpc) is 3.16. The van der Waals surface area contributed by atoms with E-state index >= 15 is 0 Å². The highest BCUT2D eigenvalue weighted by molar-refractivity contribution is 5.96. The van der Waals surface area contributed by atoms with Crippen LogP contribution in [0.2, 0.25) is 0 Å². The van der Waals surface area contributed by atoms with Crippen molar-refractivity contribution in [3.8, 4) is 22.3 Å². The third-order valence-electron chi connectivity index (χ3n) is 6.20. The van der Waals surface area contributed by atoms with E-state index in [4.69, 9.17) is 4.98 Å². The van der Waals surface area contributed by atoms with E-state index in [1.165, 1.54) is 16.5 Å². The van der Waals surface area contributed by atoms with Crippen molar-refractivity contribution in [3.05, 3.63) is 75.3 Å². The van der Waals surface area contributed by atoms with Gasteiger partial charge in [0, 0.05) is 68.5 Å². The first kappa shape index (κ1) is 21.6. The summed E-state index contributed by atoms with van der Waals surface area (Å²) >= 11 is 0. The van der Waals surface area contributed by atoms with E-state index in [1.54, 1.807) is 19.4 Å². The first-order valence-corrected chi connectivity index (χ1v) is 10.7. The number of hydrogen-bond acceptors (Lipinski definition) is 6. The fraction of sp³-hybridized carbons (Fsp3) is 0.200. The number of carbonyl (C=O) groups is 1. The van der Waals surface area contributed by atoms with Gasteiger partial charge in [0.25, 0.3) is 5.56 Å². The Morgan fingerprint density at radius 3 is 2.62 bits per heavy atom. The Hall–Kier alpha value is -4.27. The lowest BCUT2D eigenvalue weighted by atomic mass is 9.97. The third kappa shape index (κ3) is 3.12. The summed E-state index contributed by atoms with van der Waals surface area (Å²) in [5, 5.41) is 12.4. The predicted molar refractivity (Wildman–Crippen MR) is 128 cm³/mol. The average molecular weight is 459 g/mol. The zero-order chi connectivity index (χ0) is 24.3. The minimum atomic E-state index is -1.33. The maximum atomic E-state index is 14.5. The quantitative estimate of drug-likeness (QED) is 0.424. The Balaban J connectivity index is 1.82. The Bertz CT molecular complexity index is 1580. The number of aromatic carboxylic acids is 1. The molecule has 3 heterocycles. The van der Waals surface area contributed by atoms with Gasteiger partial charge in [0.15, 0.2) is 0 Å². The van der Waals surface area contributed by atoms with Gasteiger partial charge < -0.3 is 15.3 Å². The number of carboxylic acid groups (broad SMARTS) is 1. The second-order valence-corrected chi connectivity index (χ2v) is 8.53. The molecule has 1 aromatic carbocycles. The molecule has 0 fully saturated rings. The minimum absolute atomic E-state index is 0.341. The van der Waals surface area contributed by atoms with Crippen LogP contribution in [0.1, 0.15) is 27.2 Å². The van der Waals surface area contributed by atoms with Gasteiger partial charge in [-0.3, -0.25) is 14.2 Å². The van der Waals surface area contributed by atoms with Crippen molar-refractivity contribution < 1.29 is 14.3 Å². The molecule has 172 valence electrons. The molecule has 0 bridgehead atoms. The van der Waals surface area contributed by atoms with Crippen molar-refractivity contribution in [1.82, 2.24) is 14.4 Å². The molecule has 0 amide bonds. The van der Waals surface area contributed by atoms with Gasteiger partial charge in [-0.25, -0.2) is 14.2 Å². The van der Waals surface area contributed by atoms with Crippen molar-refractivity contribution in [2.75, 3.05) is 31.4 Å². The fourth-order valence-electron chi connectivity index (χ4n) is 4.72. The van der Waals surface area contributed by atoms with Gasteiger partial charge in [-0.1, -0.05) is 0 Å². The van der Waals surface area contributed by atoms with Crippen LogP contribution < -0.4 is 15.8 Å². The van der Waals surface area contributed by atoms with Crippen LogP contribution in [0.3, 0.4) is 0 Å². The largest absolute Gasteiger partial charge is 0.477 e. The lowest BCUT2D eigenvalue weighted by Gasteiger charge is -2.22. The summed E-state index contributed by atoms with van der Waals surface area (Å²) in [5.74, 6) is -1.67. The Morgan fingerprint density at radius 1 is 1.18 bits per heavy atom. The summed E-state index contributed by atoms with van der Waals surface area (Å²) in [7, 11) is 5.57. The number of carboxylic acids is 1. The molecule has 0 aliphatic heterocycles. The number of pyridine rings is 2. The number of aryl methyl sites for hydroxylation is 1. The first-order chi connectivity index (χ1) is 16.2.